The standard InChI is InChI=1S/C8H8NO2/c9-5-7-3-1-2-4-8(7)11-6-10/h1-4H,5,9H2. The van der Waals surface area contributed by atoms with E-state index in [1.807, 2.05) is 6.07 Å². The van der Waals surface area contributed by atoms with Crippen molar-refractivity contribution in [3.05, 3.63) is 29.8 Å². The first-order valence-electron chi connectivity index (χ1n) is 3.20. The number of hydrogen-bond acceptors (Lipinski definition) is 3. The lowest BCUT2D eigenvalue weighted by Crippen LogP contribution is -2.00. The molecule has 0 saturated carbocycles. The second-order valence-electron chi connectivity index (χ2n) is 2.00. The normalized spacial score (nSPS) is 9.18. The Morgan fingerprint density at radius 3 is 2.82 bits per heavy atom. The highest BCUT2D eigenvalue weighted by Gasteiger charge is 1.98. The van der Waals surface area contributed by atoms with Gasteiger partial charge in [0.15, 0.2) is 0 Å². The summed E-state index contributed by atoms with van der Waals surface area (Å²) in [5.41, 5.74) is 6.17. The Labute approximate surface area is 64.8 Å². The second kappa shape index (κ2) is 3.73. The van der Waals surface area contributed by atoms with Gasteiger partial charge in [0, 0.05) is 12.1 Å². The summed E-state index contributed by atoms with van der Waals surface area (Å²) in [5.74, 6) is 0.477. The molecule has 0 spiro atoms. The van der Waals surface area contributed by atoms with E-state index in [-0.39, 0.29) is 0 Å². The molecule has 0 heterocycles. The van der Waals surface area contributed by atoms with E-state index < -0.39 is 0 Å². The summed E-state index contributed by atoms with van der Waals surface area (Å²) >= 11 is 0. The molecular weight excluding hydrogens is 142 g/mol. The number of ether oxygens (including phenoxy) is 1. The summed E-state index contributed by atoms with van der Waals surface area (Å²) in [4.78, 5) is 9.85. The van der Waals surface area contributed by atoms with Gasteiger partial charge in [0.2, 0.25) is 0 Å². The Morgan fingerprint density at radius 2 is 2.18 bits per heavy atom. The zero-order valence-corrected chi connectivity index (χ0v) is 5.91. The van der Waals surface area contributed by atoms with Gasteiger partial charge >= 0.3 is 6.47 Å². The van der Waals surface area contributed by atoms with Crippen LogP contribution in [0.3, 0.4) is 0 Å². The van der Waals surface area contributed by atoms with Crippen molar-refractivity contribution < 1.29 is 9.53 Å². The molecule has 1 rings (SSSR count). The maximum absolute atomic E-state index is 9.85. The smallest absolute Gasteiger partial charge is 0.418 e. The van der Waals surface area contributed by atoms with E-state index in [0.29, 0.717) is 12.3 Å². The van der Waals surface area contributed by atoms with Gasteiger partial charge in [-0.2, -0.15) is 0 Å². The van der Waals surface area contributed by atoms with Crippen molar-refractivity contribution in [3.63, 3.8) is 0 Å². The Balaban J connectivity index is 2.92. The minimum atomic E-state index is 0.359. The molecule has 0 aliphatic carbocycles. The maximum Gasteiger partial charge on any atom is 0.423 e. The number of rotatable bonds is 3. The SMILES string of the molecule is NCc1ccccc1O[C]=O. The van der Waals surface area contributed by atoms with Gasteiger partial charge in [0.05, 0.1) is 0 Å². The van der Waals surface area contributed by atoms with Gasteiger partial charge in [-0.3, -0.25) is 0 Å². The van der Waals surface area contributed by atoms with Crippen LogP contribution < -0.4 is 10.5 Å². The van der Waals surface area contributed by atoms with Gasteiger partial charge in [-0.1, -0.05) is 18.2 Å². The zero-order chi connectivity index (χ0) is 8.10. The fraction of sp³-hybridized carbons (Fsp3) is 0.125. The molecule has 1 aromatic carbocycles. The van der Waals surface area contributed by atoms with Crippen molar-refractivity contribution in [3.8, 4) is 5.75 Å². The second-order valence-corrected chi connectivity index (χ2v) is 2.00. The number of nitrogens with two attached hydrogens (primary N) is 1. The van der Waals surface area contributed by atoms with Gasteiger partial charge in [0.25, 0.3) is 0 Å². The van der Waals surface area contributed by atoms with Crippen LogP contribution in [0.25, 0.3) is 0 Å². The fourth-order valence-electron chi connectivity index (χ4n) is 0.817. The molecule has 57 valence electrons. The molecule has 2 N–H and O–H groups in total. The summed E-state index contributed by atoms with van der Waals surface area (Å²) in [5, 5.41) is 0. The molecule has 0 atom stereocenters. The minimum absolute atomic E-state index is 0.359. The number of benzene rings is 1. The Bertz CT molecular complexity index is 248. The van der Waals surface area contributed by atoms with Crippen molar-refractivity contribution in [1.29, 1.82) is 0 Å². The monoisotopic (exact) mass is 150 g/mol. The molecule has 3 heteroatoms. The van der Waals surface area contributed by atoms with Gasteiger partial charge in [0.1, 0.15) is 5.75 Å². The highest BCUT2D eigenvalue weighted by atomic mass is 16.5. The largest absolute Gasteiger partial charge is 0.423 e. The van der Waals surface area contributed by atoms with E-state index in [2.05, 4.69) is 4.74 Å². The number of hydrogen-bond donors (Lipinski definition) is 1. The van der Waals surface area contributed by atoms with Crippen molar-refractivity contribution >= 4 is 6.47 Å². The molecule has 0 unspecified atom stereocenters. The molecule has 11 heavy (non-hydrogen) atoms. The predicted octanol–water partition coefficient (Wildman–Crippen LogP) is 0.591. The van der Waals surface area contributed by atoms with Crippen LogP contribution in [0.2, 0.25) is 0 Å². The third-order valence-corrected chi connectivity index (χ3v) is 1.34. The first kappa shape index (κ1) is 7.75. The summed E-state index contributed by atoms with van der Waals surface area (Å²) in [6.07, 6.45) is 0. The molecule has 0 aliphatic rings. The fourth-order valence-corrected chi connectivity index (χ4v) is 0.817. The summed E-state index contributed by atoms with van der Waals surface area (Å²) in [6.45, 7) is 1.71. The lowest BCUT2D eigenvalue weighted by atomic mass is 10.2. The average Bonchev–Trinajstić information content (AvgIpc) is 2.06. The van der Waals surface area contributed by atoms with Crippen LogP contribution in [0.4, 0.5) is 0 Å². The van der Waals surface area contributed by atoms with E-state index >= 15 is 0 Å². The van der Waals surface area contributed by atoms with Crippen molar-refractivity contribution in [1.82, 2.24) is 0 Å². The van der Waals surface area contributed by atoms with Crippen LogP contribution >= 0.6 is 0 Å². The molecule has 0 amide bonds. The average molecular weight is 150 g/mol. The molecule has 1 aromatic rings. The van der Waals surface area contributed by atoms with E-state index in [4.69, 9.17) is 5.73 Å². The van der Waals surface area contributed by atoms with Crippen LogP contribution in [0.5, 0.6) is 5.75 Å². The molecule has 0 bridgehead atoms. The lowest BCUT2D eigenvalue weighted by Gasteiger charge is -2.01. The highest BCUT2D eigenvalue weighted by molar-refractivity contribution is 5.48. The third kappa shape index (κ3) is 1.78. The Morgan fingerprint density at radius 1 is 1.45 bits per heavy atom. The molecule has 3 nitrogen and oxygen atoms in total. The summed E-state index contributed by atoms with van der Waals surface area (Å²) in [7, 11) is 0. The summed E-state index contributed by atoms with van der Waals surface area (Å²) < 4.78 is 4.54. The van der Waals surface area contributed by atoms with Crippen LogP contribution in [0.1, 0.15) is 5.56 Å². The van der Waals surface area contributed by atoms with E-state index in [1.54, 1.807) is 18.2 Å². The molecule has 1 radical (unpaired) electrons. The zero-order valence-electron chi connectivity index (χ0n) is 5.91. The van der Waals surface area contributed by atoms with E-state index in [0.717, 1.165) is 5.56 Å². The highest BCUT2D eigenvalue weighted by Crippen LogP contribution is 2.15. The van der Waals surface area contributed by atoms with Crippen LogP contribution in [0, 0.1) is 0 Å². The van der Waals surface area contributed by atoms with E-state index in [9.17, 15) is 4.79 Å². The topological polar surface area (TPSA) is 52.3 Å². The Kier molecular flexibility index (Phi) is 2.63. The first-order chi connectivity index (χ1) is 5.38. The number of carbonyl (C=O) groups excluding carboxylic acids is 1. The Hall–Kier alpha value is -1.35. The summed E-state index contributed by atoms with van der Waals surface area (Å²) in [6, 6.07) is 7.07. The van der Waals surface area contributed by atoms with E-state index in [1.165, 1.54) is 6.47 Å². The number of para-hydroxylation sites is 1. The molecule has 0 aliphatic heterocycles. The maximum atomic E-state index is 9.85. The minimum Gasteiger partial charge on any atom is -0.418 e. The third-order valence-electron chi connectivity index (χ3n) is 1.34. The van der Waals surface area contributed by atoms with Gasteiger partial charge in [-0.05, 0) is 6.07 Å². The molecule has 0 aromatic heterocycles. The molecular formula is C8H8NO2. The van der Waals surface area contributed by atoms with Gasteiger partial charge in [-0.15, -0.1) is 0 Å². The quantitative estimate of drug-likeness (QED) is 0.686. The van der Waals surface area contributed by atoms with Crippen molar-refractivity contribution in [2.24, 2.45) is 5.73 Å². The van der Waals surface area contributed by atoms with Gasteiger partial charge < -0.3 is 10.5 Å². The molecule has 0 saturated heterocycles. The molecule has 0 fully saturated rings. The lowest BCUT2D eigenvalue weighted by molar-refractivity contribution is 0.440. The van der Waals surface area contributed by atoms with Gasteiger partial charge in [-0.25, -0.2) is 4.79 Å². The van der Waals surface area contributed by atoms with Crippen molar-refractivity contribution in [2.45, 2.75) is 6.54 Å². The van der Waals surface area contributed by atoms with Crippen LogP contribution in [0.15, 0.2) is 24.3 Å². The predicted molar refractivity (Wildman–Crippen MR) is 40.7 cm³/mol. The first-order valence-corrected chi connectivity index (χ1v) is 3.20. The van der Waals surface area contributed by atoms with Crippen LogP contribution in [-0.2, 0) is 11.3 Å². The van der Waals surface area contributed by atoms with Crippen molar-refractivity contribution in [2.75, 3.05) is 0 Å². The van der Waals surface area contributed by atoms with Crippen LogP contribution in [-0.4, -0.2) is 6.47 Å².